The molecule has 2 fully saturated rings. The van der Waals surface area contributed by atoms with E-state index in [1.54, 1.807) is 45.2 Å². The standard InChI is InChI=1S/C39H48Cl2N4O10/c1-20-10-9-11-30(52-8)39(50)19-29(53-37(49)43-39)21(2)34-38(4,55-34)31(18-32(46)45(6)27-15-23(14-20)16-28(51-7)33(27)41)54-36(48)22(3)44(5)35(47)25-13-12-24(42)17-26(25)40/h9-13,15-17,21-22,29-31,34,50H,14,18-19,42H2,1-8H3,(H,43,49)/b11-9+,20-10+/t21-,22+,29+,30-,31+,34+,38+,39+/m1/s1. The van der Waals surface area contributed by atoms with Crippen LogP contribution in [-0.2, 0) is 35.0 Å². The summed E-state index contributed by atoms with van der Waals surface area (Å²) in [5.41, 5.74) is 5.25. The van der Waals surface area contributed by atoms with Gasteiger partial charge in [0.05, 0.1) is 35.9 Å². The largest absolute Gasteiger partial charge is 0.495 e. The van der Waals surface area contributed by atoms with Gasteiger partial charge in [-0.2, -0.15) is 0 Å². The summed E-state index contributed by atoms with van der Waals surface area (Å²) in [6, 6.07) is 6.85. The van der Waals surface area contributed by atoms with Crippen molar-refractivity contribution in [2.24, 2.45) is 5.92 Å². The molecular formula is C39H48Cl2N4O10. The first-order valence-corrected chi connectivity index (χ1v) is 18.5. The van der Waals surface area contributed by atoms with Gasteiger partial charge in [0.2, 0.25) is 5.91 Å². The van der Waals surface area contributed by atoms with Crippen LogP contribution in [0, 0.1) is 5.92 Å². The number of esters is 1. The number of hydrogen-bond acceptors (Lipinski definition) is 11. The van der Waals surface area contributed by atoms with Crippen molar-refractivity contribution in [3.8, 4) is 5.75 Å². The van der Waals surface area contributed by atoms with Crippen molar-refractivity contribution in [2.75, 3.05) is 38.9 Å². The molecule has 4 N–H and O–H groups in total. The smallest absolute Gasteiger partial charge is 0.409 e. The molecule has 0 aliphatic carbocycles. The highest BCUT2D eigenvalue weighted by molar-refractivity contribution is 6.35. The molecule has 55 heavy (non-hydrogen) atoms. The zero-order valence-electron chi connectivity index (χ0n) is 32.1. The number of hydrogen-bond donors (Lipinski definition) is 3. The average Bonchev–Trinajstić information content (AvgIpc) is 3.83. The zero-order chi connectivity index (χ0) is 40.6. The molecule has 0 spiro atoms. The molecule has 2 saturated heterocycles. The molecule has 5 rings (SSSR count). The van der Waals surface area contributed by atoms with Gasteiger partial charge >= 0.3 is 12.1 Å². The number of benzene rings is 2. The van der Waals surface area contributed by atoms with Crippen molar-refractivity contribution in [1.82, 2.24) is 10.2 Å². The van der Waals surface area contributed by atoms with Crippen LogP contribution >= 0.6 is 23.2 Å². The molecule has 3 amide bonds. The van der Waals surface area contributed by atoms with E-state index in [1.165, 1.54) is 56.2 Å². The number of nitrogens with one attached hydrogen (secondary N) is 1. The second kappa shape index (κ2) is 16.4. The van der Waals surface area contributed by atoms with Crippen LogP contribution in [0.15, 0.2) is 54.1 Å². The number of ether oxygens (including phenoxy) is 5. The van der Waals surface area contributed by atoms with Gasteiger partial charge in [-0.05, 0) is 63.1 Å². The summed E-state index contributed by atoms with van der Waals surface area (Å²) in [4.78, 5) is 56.9. The van der Waals surface area contributed by atoms with E-state index in [2.05, 4.69) is 5.32 Å². The SMILES string of the molecule is COc1cc2cc(c1Cl)N(C)C(=O)C[C@H](OC(=O)[C@H](C)N(C)C(=O)c1ccc(N)cc1Cl)[C@]1(C)O[C@H]1[C@H](C)[C@@H]1C[C@@](O)(NC(=O)O1)[C@H](OC)/C=C/C=C(\C)C2. The topological polar surface area (TPSA) is 182 Å². The van der Waals surface area contributed by atoms with Crippen molar-refractivity contribution in [2.45, 2.75) is 88.7 Å². The molecule has 0 radical (unpaired) electrons. The lowest BCUT2D eigenvalue weighted by molar-refractivity contribution is -0.158. The van der Waals surface area contributed by atoms with E-state index < -0.39 is 71.6 Å². The summed E-state index contributed by atoms with van der Waals surface area (Å²) in [6.07, 6.45) is 0.645. The Bertz CT molecular complexity index is 1910. The third-order valence-electron chi connectivity index (χ3n) is 10.7. The number of allylic oxidation sites excluding steroid dienone is 3. The van der Waals surface area contributed by atoms with Crippen molar-refractivity contribution >= 4 is 58.5 Å². The van der Waals surface area contributed by atoms with Crippen molar-refractivity contribution in [1.29, 1.82) is 0 Å². The maximum atomic E-state index is 14.2. The van der Waals surface area contributed by atoms with Gasteiger partial charge in [0, 0.05) is 39.2 Å². The molecule has 2 aromatic rings. The molecule has 3 aliphatic heterocycles. The minimum atomic E-state index is -1.85. The first-order chi connectivity index (χ1) is 25.8. The van der Waals surface area contributed by atoms with Gasteiger partial charge < -0.3 is 44.3 Å². The lowest BCUT2D eigenvalue weighted by Crippen LogP contribution is -2.63. The van der Waals surface area contributed by atoms with E-state index in [1.807, 2.05) is 13.0 Å². The Kier molecular flexibility index (Phi) is 12.5. The number of epoxide rings is 1. The van der Waals surface area contributed by atoms with Crippen LogP contribution in [0.25, 0.3) is 0 Å². The Morgan fingerprint density at radius 2 is 1.89 bits per heavy atom. The monoisotopic (exact) mass is 802 g/mol. The number of nitrogens with two attached hydrogens (primary N) is 1. The summed E-state index contributed by atoms with van der Waals surface area (Å²) in [5, 5.41) is 14.6. The lowest BCUT2D eigenvalue weighted by Gasteiger charge is -2.42. The van der Waals surface area contributed by atoms with Crippen molar-refractivity contribution in [3.05, 3.63) is 75.3 Å². The van der Waals surface area contributed by atoms with E-state index in [0.717, 1.165) is 11.1 Å². The highest BCUT2D eigenvalue weighted by Crippen LogP contribution is 2.49. The van der Waals surface area contributed by atoms with Crippen LogP contribution in [0.3, 0.4) is 0 Å². The van der Waals surface area contributed by atoms with Crippen LogP contribution in [0.2, 0.25) is 10.0 Å². The minimum Gasteiger partial charge on any atom is -0.495 e. The fourth-order valence-electron chi connectivity index (χ4n) is 7.07. The predicted octanol–water partition coefficient (Wildman–Crippen LogP) is 5.06. The highest BCUT2D eigenvalue weighted by atomic mass is 35.5. The van der Waals surface area contributed by atoms with E-state index in [9.17, 15) is 24.3 Å². The molecule has 0 aromatic heterocycles. The Hall–Kier alpha value is -4.34. The fraction of sp³-hybridized carbons (Fsp3) is 0.487. The van der Waals surface area contributed by atoms with E-state index in [4.69, 9.17) is 52.6 Å². The van der Waals surface area contributed by atoms with Crippen molar-refractivity contribution in [3.63, 3.8) is 0 Å². The molecule has 3 aliphatic rings. The summed E-state index contributed by atoms with van der Waals surface area (Å²) in [7, 11) is 5.89. The number of aliphatic hydroxyl groups is 1. The molecule has 298 valence electrons. The van der Waals surface area contributed by atoms with E-state index >= 15 is 0 Å². The van der Waals surface area contributed by atoms with E-state index in [-0.39, 0.29) is 28.5 Å². The van der Waals surface area contributed by atoms with Crippen LogP contribution in [-0.4, -0.2) is 104 Å². The molecule has 3 heterocycles. The molecule has 14 nitrogen and oxygen atoms in total. The summed E-state index contributed by atoms with van der Waals surface area (Å²) in [6.45, 7) is 6.87. The maximum absolute atomic E-state index is 14.2. The first kappa shape index (κ1) is 41.8. The van der Waals surface area contributed by atoms with Gasteiger partial charge in [0.25, 0.3) is 5.91 Å². The maximum Gasteiger partial charge on any atom is 0.409 e. The van der Waals surface area contributed by atoms with Crippen LogP contribution in [0.1, 0.15) is 56.5 Å². The van der Waals surface area contributed by atoms with Crippen LogP contribution in [0.5, 0.6) is 5.75 Å². The number of nitrogen functional groups attached to an aromatic ring is 1. The summed E-state index contributed by atoms with van der Waals surface area (Å²) >= 11 is 13.1. The number of methoxy groups -OCH3 is 2. The molecule has 0 saturated carbocycles. The molecule has 16 heteroatoms. The second-order valence-electron chi connectivity index (χ2n) is 14.6. The quantitative estimate of drug-likeness (QED) is 0.202. The zero-order valence-corrected chi connectivity index (χ0v) is 33.6. The van der Waals surface area contributed by atoms with Crippen LogP contribution < -0.4 is 20.7 Å². The molecule has 0 unspecified atom stereocenters. The summed E-state index contributed by atoms with van der Waals surface area (Å²) < 4.78 is 29.2. The van der Waals surface area contributed by atoms with Crippen LogP contribution in [0.4, 0.5) is 16.2 Å². The Morgan fingerprint density at radius 1 is 1.18 bits per heavy atom. The molecular weight excluding hydrogens is 755 g/mol. The van der Waals surface area contributed by atoms with Crippen molar-refractivity contribution < 1.29 is 48.0 Å². The predicted molar refractivity (Wildman–Crippen MR) is 206 cm³/mol. The van der Waals surface area contributed by atoms with Gasteiger partial charge in [0.1, 0.15) is 40.7 Å². The minimum absolute atomic E-state index is 0.0741. The third-order valence-corrected chi connectivity index (χ3v) is 11.4. The number of carbonyl (C=O) groups excluding carboxylic acids is 4. The van der Waals surface area contributed by atoms with Gasteiger partial charge in [-0.3, -0.25) is 14.9 Å². The van der Waals surface area contributed by atoms with Gasteiger partial charge in [-0.25, -0.2) is 9.59 Å². The Labute approximate surface area is 330 Å². The number of alkyl carbamates (subject to hydrolysis) is 1. The number of likely N-dealkylation sites (N-methyl/N-ethyl adjacent to an activating group) is 1. The second-order valence-corrected chi connectivity index (χ2v) is 15.3. The normalized spacial score (nSPS) is 30.4. The molecule has 2 aromatic carbocycles. The Balaban J connectivity index is 1.52. The molecule has 4 bridgehead atoms. The number of halogens is 2. The Morgan fingerprint density at radius 3 is 2.55 bits per heavy atom. The number of rotatable bonds is 6. The van der Waals surface area contributed by atoms with Gasteiger partial charge in [-0.1, -0.05) is 53.9 Å². The number of anilines is 2. The first-order valence-electron chi connectivity index (χ1n) is 17.7. The highest BCUT2D eigenvalue weighted by Gasteiger charge is 2.64. The average molecular weight is 804 g/mol. The third kappa shape index (κ3) is 8.73. The summed E-state index contributed by atoms with van der Waals surface area (Å²) in [5.74, 6) is -2.04. The fourth-order valence-corrected chi connectivity index (χ4v) is 7.66. The lowest BCUT2D eigenvalue weighted by atomic mass is 9.83. The number of carbonyl (C=O) groups is 4. The van der Waals surface area contributed by atoms with Gasteiger partial charge in [-0.15, -0.1) is 0 Å². The number of fused-ring (bicyclic) bond motifs is 5. The number of amides is 3. The molecule has 8 atom stereocenters. The van der Waals surface area contributed by atoms with Gasteiger partial charge in [0.15, 0.2) is 5.72 Å². The van der Waals surface area contributed by atoms with E-state index in [0.29, 0.717) is 23.5 Å². The number of nitrogens with zero attached hydrogens (tertiary/aromatic N) is 2.